The van der Waals surface area contributed by atoms with Crippen LogP contribution in [0.3, 0.4) is 0 Å². The Morgan fingerprint density at radius 2 is 1.94 bits per heavy atom. The zero-order valence-corrected chi connectivity index (χ0v) is 17.9. The van der Waals surface area contributed by atoms with Gasteiger partial charge >= 0.3 is 6.03 Å². The second-order valence-electron chi connectivity index (χ2n) is 9.26. The van der Waals surface area contributed by atoms with Crippen molar-refractivity contribution in [2.24, 2.45) is 0 Å². The lowest BCUT2D eigenvalue weighted by molar-refractivity contribution is -0.131. The van der Waals surface area contributed by atoms with E-state index in [1.165, 1.54) is 4.90 Å². The lowest BCUT2D eigenvalue weighted by Crippen LogP contribution is -2.60. The van der Waals surface area contributed by atoms with Gasteiger partial charge in [-0.1, -0.05) is 12.8 Å². The summed E-state index contributed by atoms with van der Waals surface area (Å²) >= 11 is 0. The normalized spacial score (nSPS) is 31.1. The van der Waals surface area contributed by atoms with E-state index >= 15 is 0 Å². The second-order valence-corrected chi connectivity index (χ2v) is 9.26. The molecule has 0 bridgehead atoms. The third kappa shape index (κ3) is 4.55. The van der Waals surface area contributed by atoms with Gasteiger partial charge in [-0.05, 0) is 38.5 Å². The van der Waals surface area contributed by atoms with Crippen LogP contribution in [0.2, 0.25) is 0 Å². The minimum Gasteiger partial charge on any atom is -0.389 e. The molecule has 2 saturated carbocycles. The fraction of sp³-hybridized carbons (Fsp3) is 0.810. The minimum absolute atomic E-state index is 0.0375. The summed E-state index contributed by atoms with van der Waals surface area (Å²) in [7, 11) is 0. The number of carbonyl (C=O) groups is 4. The number of hydrogen-bond donors (Lipinski definition) is 4. The zero-order chi connectivity index (χ0) is 22.0. The molecule has 31 heavy (non-hydrogen) atoms. The summed E-state index contributed by atoms with van der Waals surface area (Å²) in [6.45, 7) is 1.76. The lowest BCUT2D eigenvalue weighted by Gasteiger charge is -2.42. The maximum Gasteiger partial charge on any atom is 0.325 e. The number of urea groups is 1. The van der Waals surface area contributed by atoms with Crippen molar-refractivity contribution in [1.82, 2.24) is 25.8 Å². The molecule has 4 fully saturated rings. The highest BCUT2D eigenvalue weighted by molar-refractivity contribution is 6.07. The van der Waals surface area contributed by atoms with E-state index in [9.17, 15) is 24.3 Å². The van der Waals surface area contributed by atoms with E-state index in [0.717, 1.165) is 25.7 Å². The van der Waals surface area contributed by atoms with Crippen LogP contribution in [0.1, 0.15) is 57.8 Å². The standard InChI is InChI=1S/C21H33N5O5/c27-16(7-4-11-26-19(30)21(24-20(26)31)8-1-2-9-21)23-14-5-3-6-15(18(14)29)25-12-10-22-17(28)13-25/h14-15,18,29H,1-13H2,(H,22,28)(H,23,27)(H,24,31)/t14-,15-,18-/m1/s1. The molecule has 4 N–H and O–H groups in total. The number of imide groups is 1. The van der Waals surface area contributed by atoms with Gasteiger partial charge in [-0.25, -0.2) is 4.79 Å². The van der Waals surface area contributed by atoms with Crippen LogP contribution in [-0.4, -0.2) is 88.6 Å². The number of aliphatic hydroxyl groups is 1. The van der Waals surface area contributed by atoms with Gasteiger partial charge in [0.1, 0.15) is 5.54 Å². The van der Waals surface area contributed by atoms with E-state index in [4.69, 9.17) is 0 Å². The summed E-state index contributed by atoms with van der Waals surface area (Å²) in [5.74, 6) is -0.389. The third-order valence-corrected chi connectivity index (χ3v) is 7.19. The van der Waals surface area contributed by atoms with Gasteiger partial charge in [0.05, 0.1) is 18.7 Å². The van der Waals surface area contributed by atoms with Gasteiger partial charge in [-0.2, -0.15) is 0 Å². The predicted molar refractivity (Wildman–Crippen MR) is 111 cm³/mol. The zero-order valence-electron chi connectivity index (χ0n) is 17.9. The van der Waals surface area contributed by atoms with Crippen LogP contribution in [-0.2, 0) is 14.4 Å². The van der Waals surface area contributed by atoms with E-state index in [-0.39, 0.29) is 55.3 Å². The summed E-state index contributed by atoms with van der Waals surface area (Å²) in [6, 6.07) is -0.850. The highest BCUT2D eigenvalue weighted by Crippen LogP contribution is 2.35. The quantitative estimate of drug-likeness (QED) is 0.415. The summed E-state index contributed by atoms with van der Waals surface area (Å²) in [6.07, 6.45) is 5.47. The molecule has 172 valence electrons. The molecule has 2 saturated heterocycles. The van der Waals surface area contributed by atoms with E-state index in [1.807, 2.05) is 4.90 Å². The van der Waals surface area contributed by atoms with Crippen molar-refractivity contribution in [2.45, 2.75) is 81.5 Å². The fourth-order valence-corrected chi connectivity index (χ4v) is 5.53. The number of nitrogens with zero attached hydrogens (tertiary/aromatic N) is 2. The van der Waals surface area contributed by atoms with Crippen molar-refractivity contribution in [3.05, 3.63) is 0 Å². The molecule has 2 aliphatic heterocycles. The molecule has 5 amide bonds. The molecule has 0 aromatic heterocycles. The maximum atomic E-state index is 12.7. The second kappa shape index (κ2) is 9.12. The summed E-state index contributed by atoms with van der Waals surface area (Å²) in [4.78, 5) is 52.3. The van der Waals surface area contributed by atoms with Crippen LogP contribution in [0, 0.1) is 0 Å². The topological polar surface area (TPSA) is 131 Å². The third-order valence-electron chi connectivity index (χ3n) is 7.19. The van der Waals surface area contributed by atoms with Crippen molar-refractivity contribution in [1.29, 1.82) is 0 Å². The van der Waals surface area contributed by atoms with Crippen molar-refractivity contribution in [3.63, 3.8) is 0 Å². The van der Waals surface area contributed by atoms with Gasteiger partial charge in [-0.3, -0.25) is 24.2 Å². The van der Waals surface area contributed by atoms with Crippen LogP contribution in [0.5, 0.6) is 0 Å². The Labute approximate surface area is 182 Å². The average Bonchev–Trinajstić information content (AvgIpc) is 3.30. The van der Waals surface area contributed by atoms with Gasteiger partial charge in [-0.15, -0.1) is 0 Å². The van der Waals surface area contributed by atoms with Gasteiger partial charge in [0.25, 0.3) is 5.91 Å². The van der Waals surface area contributed by atoms with Crippen LogP contribution in [0.4, 0.5) is 4.79 Å². The lowest BCUT2D eigenvalue weighted by atomic mass is 9.86. The minimum atomic E-state index is -0.725. The van der Waals surface area contributed by atoms with Crippen LogP contribution < -0.4 is 16.0 Å². The molecule has 4 rings (SSSR count). The monoisotopic (exact) mass is 435 g/mol. The Morgan fingerprint density at radius 3 is 2.68 bits per heavy atom. The Morgan fingerprint density at radius 1 is 1.16 bits per heavy atom. The van der Waals surface area contributed by atoms with Crippen molar-refractivity contribution in [3.8, 4) is 0 Å². The first-order valence-electron chi connectivity index (χ1n) is 11.5. The van der Waals surface area contributed by atoms with Crippen LogP contribution >= 0.6 is 0 Å². The van der Waals surface area contributed by atoms with Gasteiger partial charge in [0.15, 0.2) is 0 Å². The molecule has 0 aromatic carbocycles. The molecule has 0 radical (unpaired) electrons. The molecular weight excluding hydrogens is 402 g/mol. The number of carbonyl (C=O) groups excluding carboxylic acids is 4. The number of rotatable bonds is 6. The molecule has 3 atom stereocenters. The predicted octanol–water partition coefficient (Wildman–Crippen LogP) is -0.539. The first-order chi connectivity index (χ1) is 14.9. The molecule has 10 heteroatoms. The van der Waals surface area contributed by atoms with E-state index in [0.29, 0.717) is 38.8 Å². The SMILES string of the molecule is O=C1CN([C@@H]2CCC[C@@H](NC(=O)CCCN3C(=O)NC4(CCCC4)C3=O)[C@H]2O)CCN1. The number of nitrogens with one attached hydrogen (secondary N) is 3. The van der Waals surface area contributed by atoms with Crippen LogP contribution in [0.15, 0.2) is 0 Å². The summed E-state index contributed by atoms with van der Waals surface area (Å²) in [5, 5.41) is 19.4. The number of hydrogen-bond acceptors (Lipinski definition) is 6. The Balaban J connectivity index is 1.24. The Kier molecular flexibility index (Phi) is 6.47. The maximum absolute atomic E-state index is 12.7. The first-order valence-corrected chi connectivity index (χ1v) is 11.5. The molecule has 4 aliphatic rings. The molecule has 2 heterocycles. The molecule has 2 aliphatic carbocycles. The first kappa shape index (κ1) is 22.0. The largest absolute Gasteiger partial charge is 0.389 e. The number of piperazine rings is 1. The number of amides is 5. The van der Waals surface area contributed by atoms with Gasteiger partial charge in [0, 0.05) is 32.1 Å². The van der Waals surface area contributed by atoms with Crippen molar-refractivity contribution >= 4 is 23.8 Å². The summed E-state index contributed by atoms with van der Waals surface area (Å²) in [5.41, 5.74) is -0.716. The molecule has 10 nitrogen and oxygen atoms in total. The molecular formula is C21H33N5O5. The summed E-state index contributed by atoms with van der Waals surface area (Å²) < 4.78 is 0. The molecule has 0 aromatic rings. The molecule has 0 unspecified atom stereocenters. The molecule has 1 spiro atoms. The Hall–Kier alpha value is -2.20. The Bertz CT molecular complexity index is 738. The highest BCUT2D eigenvalue weighted by atomic mass is 16.3. The van der Waals surface area contributed by atoms with Crippen LogP contribution in [0.25, 0.3) is 0 Å². The van der Waals surface area contributed by atoms with Gasteiger partial charge in [0.2, 0.25) is 11.8 Å². The van der Waals surface area contributed by atoms with Crippen molar-refractivity contribution in [2.75, 3.05) is 26.2 Å². The average molecular weight is 436 g/mol. The van der Waals surface area contributed by atoms with E-state index in [2.05, 4.69) is 16.0 Å². The number of aliphatic hydroxyl groups excluding tert-OH is 1. The smallest absolute Gasteiger partial charge is 0.325 e. The van der Waals surface area contributed by atoms with Crippen molar-refractivity contribution < 1.29 is 24.3 Å². The van der Waals surface area contributed by atoms with E-state index < -0.39 is 11.6 Å². The van der Waals surface area contributed by atoms with Gasteiger partial charge < -0.3 is 21.1 Å². The highest BCUT2D eigenvalue weighted by Gasteiger charge is 2.52. The van der Waals surface area contributed by atoms with E-state index in [1.54, 1.807) is 0 Å². The fourth-order valence-electron chi connectivity index (χ4n) is 5.53.